The molecule has 0 aliphatic heterocycles. The van der Waals surface area contributed by atoms with Crippen LogP contribution in [0.5, 0.6) is 0 Å². The Morgan fingerprint density at radius 3 is 2.56 bits per heavy atom. The van der Waals surface area contributed by atoms with Gasteiger partial charge >= 0.3 is 13.1 Å². The van der Waals surface area contributed by atoms with Crippen LogP contribution in [0.2, 0.25) is 5.02 Å². The average molecular weight is 365 g/mol. The van der Waals surface area contributed by atoms with Gasteiger partial charge in [-0.15, -0.1) is 0 Å². The van der Waals surface area contributed by atoms with Crippen LogP contribution in [0.3, 0.4) is 0 Å². The van der Waals surface area contributed by atoms with Crippen LogP contribution in [0.1, 0.15) is 24.3 Å². The molecule has 2 rings (SSSR count). The molecular formula is C16H18BClN2O5. The molecule has 25 heavy (non-hydrogen) atoms. The van der Waals surface area contributed by atoms with Gasteiger partial charge in [-0.25, -0.2) is 4.79 Å². The SMILES string of the molecule is CCOC(=O)c1c(NC(C)=O)ccn1COB(O)c1ccc(Cl)cc1. The molecule has 7 nitrogen and oxygen atoms in total. The van der Waals surface area contributed by atoms with E-state index in [0.717, 1.165) is 0 Å². The van der Waals surface area contributed by atoms with E-state index in [0.29, 0.717) is 16.2 Å². The molecule has 1 aromatic carbocycles. The van der Waals surface area contributed by atoms with Crippen LogP contribution >= 0.6 is 11.6 Å². The molecule has 1 amide bonds. The lowest BCUT2D eigenvalue weighted by Gasteiger charge is -2.13. The van der Waals surface area contributed by atoms with Gasteiger partial charge in [-0.1, -0.05) is 23.7 Å². The van der Waals surface area contributed by atoms with Crippen molar-refractivity contribution in [2.45, 2.75) is 20.6 Å². The Kier molecular flexibility index (Phi) is 6.63. The molecule has 0 saturated carbocycles. The van der Waals surface area contributed by atoms with Crippen LogP contribution < -0.4 is 10.8 Å². The first kappa shape index (κ1) is 19.0. The Balaban J connectivity index is 2.15. The van der Waals surface area contributed by atoms with Gasteiger partial charge < -0.3 is 24.3 Å². The molecule has 1 aromatic heterocycles. The molecule has 2 N–H and O–H groups in total. The van der Waals surface area contributed by atoms with Crippen molar-refractivity contribution in [3.05, 3.63) is 47.2 Å². The van der Waals surface area contributed by atoms with Gasteiger partial charge in [-0.2, -0.15) is 0 Å². The number of hydrogen-bond donors (Lipinski definition) is 2. The summed E-state index contributed by atoms with van der Waals surface area (Å²) < 4.78 is 11.9. The molecule has 0 unspecified atom stereocenters. The van der Waals surface area contributed by atoms with Crippen molar-refractivity contribution in [2.75, 3.05) is 11.9 Å². The van der Waals surface area contributed by atoms with E-state index in [1.807, 2.05) is 0 Å². The lowest BCUT2D eigenvalue weighted by atomic mass is 9.80. The van der Waals surface area contributed by atoms with Crippen LogP contribution in [0.4, 0.5) is 5.69 Å². The molecule has 9 heteroatoms. The van der Waals surface area contributed by atoms with Crippen LogP contribution in [0, 0.1) is 0 Å². The third-order valence-electron chi connectivity index (χ3n) is 3.27. The summed E-state index contributed by atoms with van der Waals surface area (Å²) in [7, 11) is -1.20. The Morgan fingerprint density at radius 2 is 1.96 bits per heavy atom. The fourth-order valence-electron chi connectivity index (χ4n) is 2.17. The maximum absolute atomic E-state index is 12.2. The maximum atomic E-state index is 12.2. The third kappa shape index (κ3) is 5.09. The fraction of sp³-hybridized carbons (Fsp3) is 0.250. The first-order valence-corrected chi connectivity index (χ1v) is 7.99. The Morgan fingerprint density at radius 1 is 1.28 bits per heavy atom. The van der Waals surface area contributed by atoms with Gasteiger partial charge in [0.15, 0.2) is 5.69 Å². The minimum atomic E-state index is -1.20. The number of carbonyl (C=O) groups excluding carboxylic acids is 2. The van der Waals surface area contributed by atoms with Gasteiger partial charge in [0.1, 0.15) is 6.73 Å². The summed E-state index contributed by atoms with van der Waals surface area (Å²) in [5.74, 6) is -0.911. The van der Waals surface area contributed by atoms with E-state index in [4.69, 9.17) is 21.0 Å². The highest BCUT2D eigenvalue weighted by Crippen LogP contribution is 2.19. The second kappa shape index (κ2) is 8.71. The average Bonchev–Trinajstić information content (AvgIpc) is 2.95. The van der Waals surface area contributed by atoms with Gasteiger partial charge in [0, 0.05) is 18.1 Å². The second-order valence-corrected chi connectivity index (χ2v) is 5.59. The quantitative estimate of drug-likeness (QED) is 0.576. The molecule has 2 aromatic rings. The number of nitrogens with one attached hydrogen (secondary N) is 1. The molecule has 0 radical (unpaired) electrons. The Bertz CT molecular complexity index is 747. The summed E-state index contributed by atoms with van der Waals surface area (Å²) in [6.07, 6.45) is 1.56. The first-order chi connectivity index (χ1) is 11.9. The first-order valence-electron chi connectivity index (χ1n) is 7.61. The van der Waals surface area contributed by atoms with E-state index >= 15 is 0 Å². The number of halogens is 1. The summed E-state index contributed by atoms with van der Waals surface area (Å²) in [6, 6.07) is 8.11. The van der Waals surface area contributed by atoms with Crippen molar-refractivity contribution in [3.63, 3.8) is 0 Å². The highest BCUT2D eigenvalue weighted by Gasteiger charge is 2.22. The molecule has 132 valence electrons. The minimum Gasteiger partial charge on any atom is -0.461 e. The standard InChI is InChI=1S/C16H18BClN2O5/c1-3-24-16(22)15-14(19-11(2)21)8-9-20(15)10-25-17(23)12-4-6-13(18)7-5-12/h4-9,23H,3,10H2,1-2H3,(H,19,21). The van der Waals surface area contributed by atoms with Gasteiger partial charge in [-0.05, 0) is 30.6 Å². The topological polar surface area (TPSA) is 89.8 Å². The summed E-state index contributed by atoms with van der Waals surface area (Å²) in [5.41, 5.74) is 0.979. The van der Waals surface area contributed by atoms with Crippen LogP contribution in [0.15, 0.2) is 36.5 Å². The zero-order valence-electron chi connectivity index (χ0n) is 13.9. The van der Waals surface area contributed by atoms with Crippen molar-refractivity contribution in [3.8, 4) is 0 Å². The number of carbonyl (C=O) groups is 2. The summed E-state index contributed by atoms with van der Waals surface area (Å²) in [4.78, 5) is 23.4. The number of nitrogens with zero attached hydrogens (tertiary/aromatic N) is 1. The number of hydrogen-bond acceptors (Lipinski definition) is 5. The Hall–Kier alpha value is -2.29. The minimum absolute atomic E-state index is 0.114. The zero-order valence-corrected chi connectivity index (χ0v) is 14.6. The number of esters is 1. The van der Waals surface area contributed by atoms with Gasteiger partial charge in [-0.3, -0.25) is 4.79 Å². The van der Waals surface area contributed by atoms with Crippen LogP contribution in [-0.4, -0.2) is 35.2 Å². The van der Waals surface area contributed by atoms with E-state index in [1.165, 1.54) is 11.5 Å². The molecule has 0 aliphatic carbocycles. The van der Waals surface area contributed by atoms with E-state index in [2.05, 4.69) is 5.32 Å². The maximum Gasteiger partial charge on any atom is 0.492 e. The number of aromatic nitrogens is 1. The van der Waals surface area contributed by atoms with Gasteiger partial charge in [0.05, 0.1) is 12.3 Å². The van der Waals surface area contributed by atoms with Crippen LogP contribution in [-0.2, 0) is 20.9 Å². The molecular weight excluding hydrogens is 346 g/mol. The lowest BCUT2D eigenvalue weighted by Crippen LogP contribution is -2.34. The highest BCUT2D eigenvalue weighted by atomic mass is 35.5. The number of amides is 1. The monoisotopic (exact) mass is 364 g/mol. The summed E-state index contributed by atoms with van der Waals surface area (Å²) in [6.45, 7) is 3.10. The normalized spacial score (nSPS) is 10.4. The number of anilines is 1. The Labute approximate surface area is 150 Å². The molecule has 0 saturated heterocycles. The van der Waals surface area contributed by atoms with Crippen LogP contribution in [0.25, 0.3) is 0 Å². The predicted molar refractivity (Wildman–Crippen MR) is 94.8 cm³/mol. The number of ether oxygens (including phenoxy) is 1. The molecule has 1 heterocycles. The third-order valence-corrected chi connectivity index (χ3v) is 3.52. The zero-order chi connectivity index (χ0) is 18.4. The fourth-order valence-corrected chi connectivity index (χ4v) is 2.30. The molecule has 0 aliphatic rings. The second-order valence-electron chi connectivity index (χ2n) is 5.15. The summed E-state index contributed by atoms with van der Waals surface area (Å²) in [5, 5.41) is 13.2. The molecule has 0 atom stereocenters. The lowest BCUT2D eigenvalue weighted by molar-refractivity contribution is -0.114. The van der Waals surface area contributed by atoms with Crippen molar-refractivity contribution in [1.82, 2.24) is 4.57 Å². The van der Waals surface area contributed by atoms with E-state index < -0.39 is 13.1 Å². The van der Waals surface area contributed by atoms with Crippen molar-refractivity contribution in [2.24, 2.45) is 0 Å². The van der Waals surface area contributed by atoms with Crippen molar-refractivity contribution in [1.29, 1.82) is 0 Å². The van der Waals surface area contributed by atoms with E-state index in [-0.39, 0.29) is 24.9 Å². The van der Waals surface area contributed by atoms with Gasteiger partial charge in [0.25, 0.3) is 0 Å². The molecule has 0 spiro atoms. The van der Waals surface area contributed by atoms with Crippen molar-refractivity contribution < 1.29 is 24.0 Å². The smallest absolute Gasteiger partial charge is 0.461 e. The molecule has 0 fully saturated rings. The highest BCUT2D eigenvalue weighted by molar-refractivity contribution is 6.60. The number of rotatable bonds is 7. The predicted octanol–water partition coefficient (Wildman–Crippen LogP) is 1.64. The summed E-state index contributed by atoms with van der Waals surface area (Å²) >= 11 is 5.81. The van der Waals surface area contributed by atoms with Crippen molar-refractivity contribution >= 4 is 41.7 Å². The molecule has 0 bridgehead atoms. The van der Waals surface area contributed by atoms with E-state index in [1.54, 1.807) is 43.5 Å². The van der Waals surface area contributed by atoms with Gasteiger partial charge in [0.2, 0.25) is 5.91 Å². The number of benzene rings is 1. The largest absolute Gasteiger partial charge is 0.492 e. The van der Waals surface area contributed by atoms with E-state index in [9.17, 15) is 14.6 Å².